The first-order valence-corrected chi connectivity index (χ1v) is 4.16. The van der Waals surface area contributed by atoms with Crippen LogP contribution in [0.2, 0.25) is 0 Å². The van der Waals surface area contributed by atoms with Crippen molar-refractivity contribution >= 4 is 5.91 Å². The van der Waals surface area contributed by atoms with Crippen LogP contribution >= 0.6 is 0 Å². The van der Waals surface area contributed by atoms with Crippen molar-refractivity contribution in [2.24, 2.45) is 5.73 Å². The first-order valence-electron chi connectivity index (χ1n) is 4.16. The minimum atomic E-state index is -0.440. The zero-order valence-electron chi connectivity index (χ0n) is 7.91. The molecule has 0 saturated heterocycles. The third-order valence-corrected chi connectivity index (χ3v) is 1.63. The standard InChI is InChI=1S/C11H11NO2/c1-2-3-8-14-10-6-4-9(5-7-10)11(12)13/h4-7H,8H2,1H3,(H2,12,13). The summed E-state index contributed by atoms with van der Waals surface area (Å²) in [6, 6.07) is 6.63. The summed E-state index contributed by atoms with van der Waals surface area (Å²) in [5.41, 5.74) is 5.55. The molecular weight excluding hydrogens is 178 g/mol. The summed E-state index contributed by atoms with van der Waals surface area (Å²) in [7, 11) is 0. The summed E-state index contributed by atoms with van der Waals surface area (Å²) >= 11 is 0. The Balaban J connectivity index is 2.62. The number of carbonyl (C=O) groups is 1. The number of ether oxygens (including phenoxy) is 1. The molecule has 0 heterocycles. The number of carbonyl (C=O) groups excluding carboxylic acids is 1. The van der Waals surface area contributed by atoms with Crippen LogP contribution in [0.5, 0.6) is 5.75 Å². The molecule has 0 aliphatic carbocycles. The van der Waals surface area contributed by atoms with Gasteiger partial charge in [-0.25, -0.2) is 0 Å². The van der Waals surface area contributed by atoms with Gasteiger partial charge in [0.2, 0.25) is 5.91 Å². The van der Waals surface area contributed by atoms with Crippen molar-refractivity contribution in [3.8, 4) is 17.6 Å². The fourth-order valence-electron chi connectivity index (χ4n) is 0.907. The highest BCUT2D eigenvalue weighted by Gasteiger charge is 1.99. The van der Waals surface area contributed by atoms with Crippen molar-refractivity contribution in [1.29, 1.82) is 0 Å². The summed E-state index contributed by atoms with van der Waals surface area (Å²) < 4.78 is 5.26. The van der Waals surface area contributed by atoms with E-state index in [4.69, 9.17) is 10.5 Å². The molecule has 0 radical (unpaired) electrons. The second-order valence-corrected chi connectivity index (χ2v) is 2.60. The molecule has 3 heteroatoms. The van der Waals surface area contributed by atoms with Gasteiger partial charge in [0.15, 0.2) is 0 Å². The van der Waals surface area contributed by atoms with Crippen molar-refractivity contribution in [2.75, 3.05) is 6.61 Å². The normalized spacial score (nSPS) is 8.64. The van der Waals surface area contributed by atoms with Crippen LogP contribution < -0.4 is 10.5 Å². The zero-order chi connectivity index (χ0) is 10.4. The Morgan fingerprint density at radius 3 is 2.57 bits per heavy atom. The SMILES string of the molecule is CC#CCOc1ccc(C(N)=O)cc1. The maximum Gasteiger partial charge on any atom is 0.248 e. The van der Waals surface area contributed by atoms with Crippen LogP contribution in [-0.2, 0) is 0 Å². The third-order valence-electron chi connectivity index (χ3n) is 1.63. The van der Waals surface area contributed by atoms with Gasteiger partial charge in [-0.1, -0.05) is 5.92 Å². The first-order chi connectivity index (χ1) is 6.74. The number of primary amides is 1. The Bertz CT molecular complexity index is 371. The molecule has 0 aliphatic heterocycles. The highest BCUT2D eigenvalue weighted by Crippen LogP contribution is 2.11. The molecule has 3 nitrogen and oxygen atoms in total. The molecule has 72 valence electrons. The van der Waals surface area contributed by atoms with E-state index in [0.717, 1.165) is 0 Å². The van der Waals surface area contributed by atoms with Crippen LogP contribution in [-0.4, -0.2) is 12.5 Å². The molecule has 0 saturated carbocycles. The lowest BCUT2D eigenvalue weighted by molar-refractivity contribution is 0.100. The monoisotopic (exact) mass is 189 g/mol. The lowest BCUT2D eigenvalue weighted by Crippen LogP contribution is -2.10. The van der Waals surface area contributed by atoms with Gasteiger partial charge in [-0.15, -0.1) is 5.92 Å². The van der Waals surface area contributed by atoms with Gasteiger partial charge in [0, 0.05) is 5.56 Å². The summed E-state index contributed by atoms with van der Waals surface area (Å²) in [6.07, 6.45) is 0. The van der Waals surface area contributed by atoms with Crippen LogP contribution in [0.4, 0.5) is 0 Å². The van der Waals surface area contributed by atoms with Crippen molar-refractivity contribution in [3.63, 3.8) is 0 Å². The van der Waals surface area contributed by atoms with Gasteiger partial charge < -0.3 is 10.5 Å². The third kappa shape index (κ3) is 2.83. The number of hydrogen-bond acceptors (Lipinski definition) is 2. The number of benzene rings is 1. The largest absolute Gasteiger partial charge is 0.481 e. The fourth-order valence-corrected chi connectivity index (χ4v) is 0.907. The molecule has 1 rings (SSSR count). The van der Waals surface area contributed by atoms with Crippen molar-refractivity contribution < 1.29 is 9.53 Å². The van der Waals surface area contributed by atoms with Gasteiger partial charge in [-0.2, -0.15) is 0 Å². The van der Waals surface area contributed by atoms with Gasteiger partial charge in [0.1, 0.15) is 12.4 Å². The Kier molecular flexibility index (Phi) is 3.57. The smallest absolute Gasteiger partial charge is 0.248 e. The number of amides is 1. The molecule has 0 atom stereocenters. The van der Waals surface area contributed by atoms with E-state index in [1.54, 1.807) is 31.2 Å². The molecule has 1 aromatic carbocycles. The van der Waals surface area contributed by atoms with E-state index in [1.165, 1.54) is 0 Å². The van der Waals surface area contributed by atoms with Gasteiger partial charge in [-0.05, 0) is 31.2 Å². The van der Waals surface area contributed by atoms with Gasteiger partial charge >= 0.3 is 0 Å². The Labute approximate surface area is 82.9 Å². The molecular formula is C11H11NO2. The summed E-state index contributed by atoms with van der Waals surface area (Å²) in [5.74, 6) is 5.73. The average molecular weight is 189 g/mol. The van der Waals surface area contributed by atoms with E-state index in [2.05, 4.69) is 11.8 Å². The topological polar surface area (TPSA) is 52.3 Å². The van der Waals surface area contributed by atoms with E-state index >= 15 is 0 Å². The average Bonchev–Trinajstić information content (AvgIpc) is 2.19. The van der Waals surface area contributed by atoms with Gasteiger partial charge in [0.25, 0.3) is 0 Å². The first kappa shape index (κ1) is 10.1. The molecule has 0 aromatic heterocycles. The maximum atomic E-state index is 10.7. The minimum Gasteiger partial charge on any atom is -0.481 e. The molecule has 0 aliphatic rings. The predicted octanol–water partition coefficient (Wildman–Crippen LogP) is 1.19. The highest BCUT2D eigenvalue weighted by molar-refractivity contribution is 5.92. The molecule has 1 aromatic rings. The van der Waals surface area contributed by atoms with Crippen LogP contribution in [0.3, 0.4) is 0 Å². The minimum absolute atomic E-state index is 0.354. The van der Waals surface area contributed by atoms with Crippen LogP contribution in [0.15, 0.2) is 24.3 Å². The quantitative estimate of drug-likeness (QED) is 0.726. The van der Waals surface area contributed by atoms with E-state index in [1.807, 2.05) is 0 Å². The second kappa shape index (κ2) is 4.93. The van der Waals surface area contributed by atoms with Gasteiger partial charge in [0.05, 0.1) is 0 Å². The number of rotatable bonds is 3. The molecule has 1 amide bonds. The number of hydrogen-bond donors (Lipinski definition) is 1. The molecule has 0 unspecified atom stereocenters. The van der Waals surface area contributed by atoms with Crippen LogP contribution in [0.25, 0.3) is 0 Å². The van der Waals surface area contributed by atoms with E-state index in [9.17, 15) is 4.79 Å². The maximum absolute atomic E-state index is 10.7. The molecule has 0 bridgehead atoms. The van der Waals surface area contributed by atoms with E-state index in [-0.39, 0.29) is 0 Å². The van der Waals surface area contributed by atoms with E-state index in [0.29, 0.717) is 17.9 Å². The second-order valence-electron chi connectivity index (χ2n) is 2.60. The predicted molar refractivity (Wildman–Crippen MR) is 53.9 cm³/mol. The molecule has 14 heavy (non-hydrogen) atoms. The lowest BCUT2D eigenvalue weighted by Gasteiger charge is -2.01. The van der Waals surface area contributed by atoms with E-state index < -0.39 is 5.91 Å². The zero-order valence-corrected chi connectivity index (χ0v) is 7.91. The Morgan fingerprint density at radius 1 is 1.43 bits per heavy atom. The lowest BCUT2D eigenvalue weighted by atomic mass is 10.2. The molecule has 0 fully saturated rings. The van der Waals surface area contributed by atoms with Crippen molar-refractivity contribution in [2.45, 2.75) is 6.92 Å². The summed E-state index contributed by atoms with van der Waals surface area (Å²) in [6.45, 7) is 2.10. The molecule has 0 spiro atoms. The van der Waals surface area contributed by atoms with Crippen LogP contribution in [0.1, 0.15) is 17.3 Å². The highest BCUT2D eigenvalue weighted by atomic mass is 16.5. The van der Waals surface area contributed by atoms with Crippen LogP contribution in [0, 0.1) is 11.8 Å². The fraction of sp³-hybridized carbons (Fsp3) is 0.182. The van der Waals surface area contributed by atoms with Gasteiger partial charge in [-0.3, -0.25) is 4.79 Å². The van der Waals surface area contributed by atoms with Crippen molar-refractivity contribution in [1.82, 2.24) is 0 Å². The number of nitrogens with two attached hydrogens (primary N) is 1. The molecule has 2 N–H and O–H groups in total. The Hall–Kier alpha value is -1.95. The summed E-state index contributed by atoms with van der Waals surface area (Å²) in [4.78, 5) is 10.7. The summed E-state index contributed by atoms with van der Waals surface area (Å²) in [5, 5.41) is 0. The Morgan fingerprint density at radius 2 is 2.07 bits per heavy atom. The van der Waals surface area contributed by atoms with Crippen molar-refractivity contribution in [3.05, 3.63) is 29.8 Å².